The molecular weight excluding hydrogens is 196 g/mol. The van der Waals surface area contributed by atoms with E-state index in [4.69, 9.17) is 0 Å². The number of aliphatic hydroxyl groups excluding tert-OH is 1. The van der Waals surface area contributed by atoms with Crippen LogP contribution in [0.25, 0.3) is 0 Å². The predicted molar refractivity (Wildman–Crippen MR) is 65.5 cm³/mol. The standard InChI is InChI=1S/C15H20O/c16-14-9-8-12-6-2-3-7-13(12)15(14)10-4-1-5-11-15/h2-3,6-7,14,16H,1,4-5,8-11H2. The van der Waals surface area contributed by atoms with E-state index in [1.54, 1.807) is 0 Å². The number of aryl methyl sites for hydroxylation is 1. The van der Waals surface area contributed by atoms with Gasteiger partial charge in [0.25, 0.3) is 0 Å². The van der Waals surface area contributed by atoms with E-state index >= 15 is 0 Å². The second kappa shape index (κ2) is 3.89. The molecule has 1 atom stereocenters. The van der Waals surface area contributed by atoms with E-state index < -0.39 is 0 Å². The van der Waals surface area contributed by atoms with Crippen LogP contribution in [0.1, 0.15) is 49.7 Å². The first-order chi connectivity index (χ1) is 7.83. The zero-order chi connectivity index (χ0) is 11.0. The van der Waals surface area contributed by atoms with Crippen molar-refractivity contribution in [2.45, 2.75) is 56.5 Å². The summed E-state index contributed by atoms with van der Waals surface area (Å²) in [5, 5.41) is 10.4. The maximum absolute atomic E-state index is 10.4. The molecule has 1 nitrogen and oxygen atoms in total. The van der Waals surface area contributed by atoms with Crippen molar-refractivity contribution in [2.24, 2.45) is 0 Å². The highest BCUT2D eigenvalue weighted by atomic mass is 16.3. The Kier molecular flexibility index (Phi) is 2.51. The summed E-state index contributed by atoms with van der Waals surface area (Å²) in [5.41, 5.74) is 3.04. The molecular formula is C15H20O. The smallest absolute Gasteiger partial charge is 0.0640 e. The van der Waals surface area contributed by atoms with Crippen molar-refractivity contribution in [3.63, 3.8) is 0 Å². The first-order valence-corrected chi connectivity index (χ1v) is 6.59. The molecule has 1 saturated carbocycles. The third kappa shape index (κ3) is 1.41. The van der Waals surface area contributed by atoms with Crippen molar-refractivity contribution in [2.75, 3.05) is 0 Å². The van der Waals surface area contributed by atoms with E-state index in [1.165, 1.54) is 43.2 Å². The summed E-state index contributed by atoms with van der Waals surface area (Å²) in [5.74, 6) is 0. The Labute approximate surface area is 97.5 Å². The average molecular weight is 216 g/mol. The average Bonchev–Trinajstić information content (AvgIpc) is 2.36. The number of hydrogen-bond acceptors (Lipinski definition) is 1. The molecule has 0 aliphatic heterocycles. The van der Waals surface area contributed by atoms with Crippen LogP contribution in [-0.2, 0) is 11.8 Å². The Morgan fingerprint density at radius 3 is 2.62 bits per heavy atom. The lowest BCUT2D eigenvalue weighted by atomic mass is 9.61. The van der Waals surface area contributed by atoms with Gasteiger partial charge in [0.05, 0.1) is 6.10 Å². The van der Waals surface area contributed by atoms with Crippen molar-refractivity contribution < 1.29 is 5.11 Å². The van der Waals surface area contributed by atoms with Gasteiger partial charge in [-0.25, -0.2) is 0 Å². The van der Waals surface area contributed by atoms with Crippen LogP contribution in [0.3, 0.4) is 0 Å². The molecule has 0 amide bonds. The topological polar surface area (TPSA) is 20.2 Å². The van der Waals surface area contributed by atoms with Gasteiger partial charge < -0.3 is 5.11 Å². The SMILES string of the molecule is OC1CCc2ccccc2C12CCCCC2. The molecule has 0 bridgehead atoms. The van der Waals surface area contributed by atoms with Gasteiger partial charge in [0.2, 0.25) is 0 Å². The fraction of sp³-hybridized carbons (Fsp3) is 0.600. The Balaban J connectivity index is 2.08. The molecule has 16 heavy (non-hydrogen) atoms. The molecule has 2 aliphatic carbocycles. The third-order valence-corrected chi connectivity index (χ3v) is 4.62. The monoisotopic (exact) mass is 216 g/mol. The molecule has 1 N–H and O–H groups in total. The van der Waals surface area contributed by atoms with Crippen molar-refractivity contribution in [1.82, 2.24) is 0 Å². The van der Waals surface area contributed by atoms with Crippen LogP contribution in [0.2, 0.25) is 0 Å². The lowest BCUT2D eigenvalue weighted by Gasteiger charge is -2.45. The normalized spacial score (nSPS) is 27.7. The minimum atomic E-state index is -0.109. The van der Waals surface area contributed by atoms with Crippen LogP contribution in [0.15, 0.2) is 24.3 Å². The summed E-state index contributed by atoms with van der Waals surface area (Å²) < 4.78 is 0. The van der Waals surface area contributed by atoms with E-state index in [2.05, 4.69) is 24.3 Å². The van der Waals surface area contributed by atoms with Gasteiger partial charge in [-0.15, -0.1) is 0 Å². The summed E-state index contributed by atoms with van der Waals surface area (Å²) >= 11 is 0. The lowest BCUT2D eigenvalue weighted by molar-refractivity contribution is 0.0390. The van der Waals surface area contributed by atoms with E-state index in [9.17, 15) is 5.11 Å². The first-order valence-electron chi connectivity index (χ1n) is 6.59. The Bertz CT molecular complexity index is 377. The quantitative estimate of drug-likeness (QED) is 0.706. The number of fused-ring (bicyclic) bond motifs is 2. The van der Waals surface area contributed by atoms with Crippen molar-refractivity contribution in [3.05, 3.63) is 35.4 Å². The molecule has 0 saturated heterocycles. The lowest BCUT2D eigenvalue weighted by Crippen LogP contribution is -2.44. The zero-order valence-electron chi connectivity index (χ0n) is 9.78. The Hall–Kier alpha value is -0.820. The van der Waals surface area contributed by atoms with Crippen molar-refractivity contribution in [1.29, 1.82) is 0 Å². The van der Waals surface area contributed by atoms with Crippen LogP contribution < -0.4 is 0 Å². The molecule has 1 heteroatoms. The number of benzene rings is 1. The van der Waals surface area contributed by atoms with Crippen molar-refractivity contribution in [3.8, 4) is 0 Å². The number of hydrogen-bond donors (Lipinski definition) is 1. The molecule has 3 rings (SSSR count). The largest absolute Gasteiger partial charge is 0.392 e. The number of aliphatic hydroxyl groups is 1. The molecule has 86 valence electrons. The summed E-state index contributed by atoms with van der Waals surface area (Å²) in [4.78, 5) is 0. The van der Waals surface area contributed by atoms with Crippen LogP contribution in [0.4, 0.5) is 0 Å². The fourth-order valence-corrected chi connectivity index (χ4v) is 3.76. The van der Waals surface area contributed by atoms with Gasteiger partial charge in [-0.05, 0) is 36.8 Å². The molecule has 1 fully saturated rings. The highest BCUT2D eigenvalue weighted by Gasteiger charge is 2.43. The highest BCUT2D eigenvalue weighted by molar-refractivity contribution is 5.38. The van der Waals surface area contributed by atoms with Gasteiger partial charge in [-0.3, -0.25) is 0 Å². The second-order valence-electron chi connectivity index (χ2n) is 5.43. The summed E-state index contributed by atoms with van der Waals surface area (Å²) in [6.07, 6.45) is 8.18. The summed E-state index contributed by atoms with van der Waals surface area (Å²) in [6.45, 7) is 0. The van der Waals surface area contributed by atoms with Gasteiger partial charge in [0, 0.05) is 5.41 Å². The molecule has 1 aromatic carbocycles. The molecule has 1 aromatic rings. The summed E-state index contributed by atoms with van der Waals surface area (Å²) in [7, 11) is 0. The second-order valence-corrected chi connectivity index (χ2v) is 5.43. The first kappa shape index (κ1) is 10.3. The number of rotatable bonds is 0. The van der Waals surface area contributed by atoms with Gasteiger partial charge >= 0.3 is 0 Å². The maximum Gasteiger partial charge on any atom is 0.0640 e. The van der Waals surface area contributed by atoms with E-state index in [-0.39, 0.29) is 11.5 Å². The maximum atomic E-state index is 10.4. The molecule has 0 radical (unpaired) electrons. The third-order valence-electron chi connectivity index (χ3n) is 4.62. The van der Waals surface area contributed by atoms with Gasteiger partial charge in [-0.2, -0.15) is 0 Å². The molecule has 0 heterocycles. The van der Waals surface area contributed by atoms with Gasteiger partial charge in [0.15, 0.2) is 0 Å². The van der Waals surface area contributed by atoms with Crippen LogP contribution in [-0.4, -0.2) is 11.2 Å². The fourth-order valence-electron chi connectivity index (χ4n) is 3.76. The molecule has 2 aliphatic rings. The molecule has 1 unspecified atom stereocenters. The van der Waals surface area contributed by atoms with E-state index in [0.717, 1.165) is 12.8 Å². The van der Waals surface area contributed by atoms with Crippen LogP contribution in [0, 0.1) is 0 Å². The summed E-state index contributed by atoms with van der Waals surface area (Å²) in [6, 6.07) is 8.76. The van der Waals surface area contributed by atoms with Gasteiger partial charge in [0.1, 0.15) is 0 Å². The minimum absolute atomic E-state index is 0.104. The minimum Gasteiger partial charge on any atom is -0.392 e. The Morgan fingerprint density at radius 2 is 1.81 bits per heavy atom. The van der Waals surface area contributed by atoms with E-state index in [1.807, 2.05) is 0 Å². The highest BCUT2D eigenvalue weighted by Crippen LogP contribution is 2.47. The Morgan fingerprint density at radius 1 is 1.06 bits per heavy atom. The van der Waals surface area contributed by atoms with Gasteiger partial charge in [-0.1, -0.05) is 43.5 Å². The van der Waals surface area contributed by atoms with Crippen LogP contribution in [0.5, 0.6) is 0 Å². The van der Waals surface area contributed by atoms with Crippen molar-refractivity contribution >= 4 is 0 Å². The molecule has 0 aromatic heterocycles. The predicted octanol–water partition coefficient (Wildman–Crippen LogP) is 3.20. The van der Waals surface area contributed by atoms with E-state index in [0.29, 0.717) is 0 Å². The zero-order valence-corrected chi connectivity index (χ0v) is 9.78. The van der Waals surface area contributed by atoms with Crippen LogP contribution >= 0.6 is 0 Å². The molecule has 1 spiro atoms.